The van der Waals surface area contributed by atoms with Crippen molar-refractivity contribution in [2.45, 2.75) is 18.9 Å². The minimum atomic E-state index is -0.227. The average molecular weight is 419 g/mol. The van der Waals surface area contributed by atoms with Crippen molar-refractivity contribution in [3.05, 3.63) is 65.8 Å². The highest BCUT2D eigenvalue weighted by molar-refractivity contribution is 7.12. The van der Waals surface area contributed by atoms with E-state index in [-0.39, 0.29) is 11.9 Å². The standard InChI is InChI=1S/C22H22N6OS/c23-16-9-11-27(12-10-16)20-8-4-3-7-18(20)24-21(29)19-14-30-22(25-19)28-13-15-5-1-2-6-17(15)26-28/h1-8,13-14,16H,9-12,23H2,(H,24,29). The first kappa shape index (κ1) is 18.8. The maximum absolute atomic E-state index is 12.9. The number of nitrogens with two attached hydrogens (primary N) is 1. The molecule has 2 aromatic heterocycles. The number of rotatable bonds is 4. The SMILES string of the molecule is NC1CCN(c2ccccc2NC(=O)c2csc(-n3cc4ccccc4n3)n2)CC1. The zero-order chi connectivity index (χ0) is 20.5. The molecule has 152 valence electrons. The Balaban J connectivity index is 1.35. The maximum Gasteiger partial charge on any atom is 0.275 e. The second-order valence-electron chi connectivity index (χ2n) is 7.44. The lowest BCUT2D eigenvalue weighted by atomic mass is 10.0. The first-order valence-corrected chi connectivity index (χ1v) is 10.9. The van der Waals surface area contributed by atoms with E-state index in [1.165, 1.54) is 11.3 Å². The normalized spacial score (nSPS) is 14.9. The zero-order valence-corrected chi connectivity index (χ0v) is 17.2. The molecule has 2 aromatic carbocycles. The van der Waals surface area contributed by atoms with Gasteiger partial charge in [-0.25, -0.2) is 9.67 Å². The summed E-state index contributed by atoms with van der Waals surface area (Å²) in [4.78, 5) is 19.7. The van der Waals surface area contributed by atoms with Gasteiger partial charge in [-0.2, -0.15) is 5.10 Å². The molecular weight excluding hydrogens is 396 g/mol. The monoisotopic (exact) mass is 418 g/mol. The number of carbonyl (C=O) groups excluding carboxylic acids is 1. The third-order valence-electron chi connectivity index (χ3n) is 5.37. The van der Waals surface area contributed by atoms with Crippen LogP contribution in [0.15, 0.2) is 60.1 Å². The van der Waals surface area contributed by atoms with Gasteiger partial charge >= 0.3 is 0 Å². The van der Waals surface area contributed by atoms with Gasteiger partial charge in [0.1, 0.15) is 5.69 Å². The van der Waals surface area contributed by atoms with Crippen LogP contribution in [0, 0.1) is 0 Å². The molecule has 1 fully saturated rings. The fraction of sp³-hybridized carbons (Fsp3) is 0.227. The first-order chi connectivity index (χ1) is 14.7. The molecule has 0 atom stereocenters. The Morgan fingerprint density at radius 1 is 1.10 bits per heavy atom. The fourth-order valence-corrected chi connectivity index (χ4v) is 4.45. The number of thiazole rings is 1. The highest BCUT2D eigenvalue weighted by Crippen LogP contribution is 2.29. The van der Waals surface area contributed by atoms with E-state index in [0.29, 0.717) is 10.8 Å². The summed E-state index contributed by atoms with van der Waals surface area (Å²) in [6.45, 7) is 1.78. The number of amides is 1. The molecule has 1 saturated heterocycles. The van der Waals surface area contributed by atoms with E-state index in [4.69, 9.17) is 5.73 Å². The Labute approximate surface area is 178 Å². The molecule has 1 aliphatic rings. The highest BCUT2D eigenvalue weighted by atomic mass is 32.1. The molecule has 1 amide bonds. The summed E-state index contributed by atoms with van der Waals surface area (Å²) in [6, 6.07) is 16.0. The molecule has 0 aliphatic carbocycles. The van der Waals surface area contributed by atoms with Crippen molar-refractivity contribution in [3.63, 3.8) is 0 Å². The van der Waals surface area contributed by atoms with Gasteiger partial charge in [0, 0.05) is 36.1 Å². The van der Waals surface area contributed by atoms with Crippen molar-refractivity contribution in [2.75, 3.05) is 23.3 Å². The minimum Gasteiger partial charge on any atom is -0.370 e. The van der Waals surface area contributed by atoms with Crippen LogP contribution in [0.25, 0.3) is 16.0 Å². The molecular formula is C22H22N6OS. The number of hydrogen-bond donors (Lipinski definition) is 2. The Hall–Kier alpha value is -3.23. The molecule has 3 heterocycles. The number of hydrogen-bond acceptors (Lipinski definition) is 6. The molecule has 5 rings (SSSR count). The van der Waals surface area contributed by atoms with Crippen molar-refractivity contribution in [2.24, 2.45) is 5.73 Å². The van der Waals surface area contributed by atoms with E-state index in [0.717, 1.165) is 48.2 Å². The fourth-order valence-electron chi connectivity index (χ4n) is 3.72. The molecule has 4 aromatic rings. The lowest BCUT2D eigenvalue weighted by Crippen LogP contribution is -2.40. The van der Waals surface area contributed by atoms with E-state index in [2.05, 4.69) is 20.3 Å². The van der Waals surface area contributed by atoms with Gasteiger partial charge in [0.05, 0.1) is 16.9 Å². The predicted octanol–water partition coefficient (Wildman–Crippen LogP) is 3.66. The van der Waals surface area contributed by atoms with Crippen molar-refractivity contribution >= 4 is 39.5 Å². The van der Waals surface area contributed by atoms with Gasteiger partial charge in [0.25, 0.3) is 5.91 Å². The molecule has 3 N–H and O–H groups in total. The molecule has 0 spiro atoms. The van der Waals surface area contributed by atoms with Crippen LogP contribution in [-0.2, 0) is 0 Å². The second kappa shape index (κ2) is 7.89. The van der Waals surface area contributed by atoms with Gasteiger partial charge in [-0.15, -0.1) is 11.3 Å². The summed E-state index contributed by atoms with van der Waals surface area (Å²) in [5.41, 5.74) is 9.12. The van der Waals surface area contributed by atoms with Crippen LogP contribution in [0.5, 0.6) is 0 Å². The van der Waals surface area contributed by atoms with Crippen LogP contribution in [0.1, 0.15) is 23.3 Å². The largest absolute Gasteiger partial charge is 0.370 e. The van der Waals surface area contributed by atoms with Gasteiger partial charge in [0.2, 0.25) is 5.13 Å². The Kier molecular flexibility index (Phi) is 4.94. The number of anilines is 2. The Morgan fingerprint density at radius 3 is 2.70 bits per heavy atom. The quantitative estimate of drug-likeness (QED) is 0.528. The van der Waals surface area contributed by atoms with Crippen molar-refractivity contribution in [3.8, 4) is 5.13 Å². The predicted molar refractivity (Wildman–Crippen MR) is 121 cm³/mol. The van der Waals surface area contributed by atoms with Crippen LogP contribution in [0.4, 0.5) is 11.4 Å². The number of benzene rings is 2. The number of para-hydroxylation sites is 2. The van der Waals surface area contributed by atoms with Gasteiger partial charge in [-0.1, -0.05) is 30.3 Å². The summed E-state index contributed by atoms with van der Waals surface area (Å²) in [7, 11) is 0. The van der Waals surface area contributed by atoms with Gasteiger partial charge in [-0.05, 0) is 31.0 Å². The van der Waals surface area contributed by atoms with Crippen LogP contribution < -0.4 is 16.0 Å². The summed E-state index contributed by atoms with van der Waals surface area (Å²) in [5.74, 6) is -0.227. The maximum atomic E-state index is 12.9. The van der Waals surface area contributed by atoms with Gasteiger partial charge in [0.15, 0.2) is 0 Å². The number of carbonyl (C=O) groups is 1. The molecule has 8 heteroatoms. The van der Waals surface area contributed by atoms with Crippen LogP contribution in [0.3, 0.4) is 0 Å². The number of nitrogens with one attached hydrogen (secondary N) is 1. The second-order valence-corrected chi connectivity index (χ2v) is 8.28. The van der Waals surface area contributed by atoms with E-state index < -0.39 is 0 Å². The van der Waals surface area contributed by atoms with Crippen molar-refractivity contribution in [1.29, 1.82) is 0 Å². The number of piperidine rings is 1. The smallest absolute Gasteiger partial charge is 0.275 e. The molecule has 0 radical (unpaired) electrons. The van der Waals surface area contributed by atoms with Crippen molar-refractivity contribution < 1.29 is 4.79 Å². The molecule has 7 nitrogen and oxygen atoms in total. The summed E-state index contributed by atoms with van der Waals surface area (Å²) in [6.07, 6.45) is 3.83. The van der Waals surface area contributed by atoms with E-state index >= 15 is 0 Å². The molecule has 30 heavy (non-hydrogen) atoms. The zero-order valence-electron chi connectivity index (χ0n) is 16.4. The van der Waals surface area contributed by atoms with Crippen LogP contribution >= 0.6 is 11.3 Å². The van der Waals surface area contributed by atoms with E-state index in [1.54, 1.807) is 10.1 Å². The van der Waals surface area contributed by atoms with Gasteiger partial charge in [-0.3, -0.25) is 4.79 Å². The molecule has 0 unspecified atom stereocenters. The van der Waals surface area contributed by atoms with Crippen LogP contribution in [0.2, 0.25) is 0 Å². The Morgan fingerprint density at radius 2 is 1.87 bits per heavy atom. The summed E-state index contributed by atoms with van der Waals surface area (Å²) < 4.78 is 1.72. The topological polar surface area (TPSA) is 89.1 Å². The van der Waals surface area contributed by atoms with E-state index in [9.17, 15) is 4.79 Å². The number of nitrogens with zero attached hydrogens (tertiary/aromatic N) is 4. The van der Waals surface area contributed by atoms with Crippen LogP contribution in [-0.4, -0.2) is 39.8 Å². The molecule has 0 bridgehead atoms. The average Bonchev–Trinajstić information content (AvgIpc) is 3.42. The summed E-state index contributed by atoms with van der Waals surface area (Å²) >= 11 is 1.39. The molecule has 1 aliphatic heterocycles. The first-order valence-electron chi connectivity index (χ1n) is 9.98. The highest BCUT2D eigenvalue weighted by Gasteiger charge is 2.20. The summed E-state index contributed by atoms with van der Waals surface area (Å²) in [5, 5.41) is 11.0. The third kappa shape index (κ3) is 3.67. The number of aromatic nitrogens is 3. The van der Waals surface area contributed by atoms with Gasteiger partial charge < -0.3 is 16.0 Å². The number of fused-ring (bicyclic) bond motifs is 1. The Bertz CT molecular complexity index is 1160. The molecule has 0 saturated carbocycles. The van der Waals surface area contributed by atoms with Crippen molar-refractivity contribution in [1.82, 2.24) is 14.8 Å². The lowest BCUT2D eigenvalue weighted by molar-refractivity contribution is 0.102. The lowest BCUT2D eigenvalue weighted by Gasteiger charge is -2.33. The van der Waals surface area contributed by atoms with E-state index in [1.807, 2.05) is 54.7 Å². The minimum absolute atomic E-state index is 0.227. The third-order valence-corrected chi connectivity index (χ3v) is 6.20.